The molecule has 2 aromatic rings. The molecular formula is C24H37N5O3. The second kappa shape index (κ2) is 10.8. The maximum absolute atomic E-state index is 12.2. The number of hydrogen-bond donors (Lipinski definition) is 0. The molecule has 176 valence electrons. The number of rotatable bonds is 8. The van der Waals surface area contributed by atoms with E-state index in [-0.39, 0.29) is 6.09 Å². The molecule has 3 rings (SSSR count). The minimum atomic E-state index is -0.468. The Morgan fingerprint density at radius 2 is 1.75 bits per heavy atom. The minimum absolute atomic E-state index is 0.239. The zero-order valence-electron chi connectivity index (χ0n) is 20.1. The lowest BCUT2D eigenvalue weighted by molar-refractivity contribution is 0.0240. The highest BCUT2D eigenvalue weighted by Gasteiger charge is 2.26. The molecule has 0 N–H and O–H groups in total. The van der Waals surface area contributed by atoms with Crippen molar-refractivity contribution in [1.82, 2.24) is 19.9 Å². The number of benzene rings is 1. The lowest BCUT2D eigenvalue weighted by Gasteiger charge is -2.36. The van der Waals surface area contributed by atoms with Gasteiger partial charge in [-0.1, -0.05) is 19.0 Å². The van der Waals surface area contributed by atoms with Gasteiger partial charge in [0.1, 0.15) is 5.60 Å². The predicted octanol–water partition coefficient (Wildman–Crippen LogP) is 4.07. The van der Waals surface area contributed by atoms with E-state index in [1.165, 1.54) is 0 Å². The van der Waals surface area contributed by atoms with E-state index in [2.05, 4.69) is 45.9 Å². The monoisotopic (exact) mass is 443 g/mol. The molecule has 1 aromatic heterocycles. The number of aromatic nitrogens is 2. The van der Waals surface area contributed by atoms with Gasteiger partial charge < -0.3 is 24.0 Å². The van der Waals surface area contributed by atoms with Crippen molar-refractivity contribution in [3.05, 3.63) is 30.1 Å². The molecule has 1 saturated heterocycles. The molecule has 2 heterocycles. The van der Waals surface area contributed by atoms with Gasteiger partial charge in [0, 0.05) is 43.9 Å². The third kappa shape index (κ3) is 6.69. The molecule has 1 amide bonds. The van der Waals surface area contributed by atoms with Gasteiger partial charge in [0.2, 0.25) is 0 Å². The fourth-order valence-electron chi connectivity index (χ4n) is 3.76. The third-order valence-electron chi connectivity index (χ3n) is 5.65. The maximum Gasteiger partial charge on any atom is 0.410 e. The molecule has 1 fully saturated rings. The summed E-state index contributed by atoms with van der Waals surface area (Å²) < 4.78 is 11.0. The van der Waals surface area contributed by atoms with E-state index in [0.717, 1.165) is 62.6 Å². The van der Waals surface area contributed by atoms with Crippen LogP contribution in [-0.4, -0.2) is 77.4 Å². The Kier molecular flexibility index (Phi) is 8.12. The smallest absolute Gasteiger partial charge is 0.410 e. The maximum atomic E-state index is 12.2. The summed E-state index contributed by atoms with van der Waals surface area (Å²) in [6.07, 6.45) is 1.60. The zero-order chi connectivity index (χ0) is 23.1. The van der Waals surface area contributed by atoms with E-state index in [1.54, 1.807) is 4.90 Å². The van der Waals surface area contributed by atoms with Crippen molar-refractivity contribution >= 4 is 11.8 Å². The van der Waals surface area contributed by atoms with Crippen LogP contribution in [0.4, 0.5) is 10.5 Å². The summed E-state index contributed by atoms with van der Waals surface area (Å²) in [7, 11) is 0. The van der Waals surface area contributed by atoms with Crippen molar-refractivity contribution in [3.63, 3.8) is 0 Å². The molecule has 32 heavy (non-hydrogen) atoms. The first-order valence-electron chi connectivity index (χ1n) is 11.7. The van der Waals surface area contributed by atoms with Crippen molar-refractivity contribution < 1.29 is 14.1 Å². The van der Waals surface area contributed by atoms with Gasteiger partial charge in [-0.2, -0.15) is 4.98 Å². The number of carbonyl (C=O) groups is 1. The van der Waals surface area contributed by atoms with Gasteiger partial charge in [0.05, 0.1) is 0 Å². The van der Waals surface area contributed by atoms with Crippen molar-refractivity contribution in [1.29, 1.82) is 0 Å². The van der Waals surface area contributed by atoms with Crippen molar-refractivity contribution in [3.8, 4) is 11.5 Å². The first-order chi connectivity index (χ1) is 15.3. The first kappa shape index (κ1) is 24.0. The predicted molar refractivity (Wildman–Crippen MR) is 126 cm³/mol. The van der Waals surface area contributed by atoms with Gasteiger partial charge in [-0.05, 0) is 71.1 Å². The summed E-state index contributed by atoms with van der Waals surface area (Å²) in [6, 6.07) is 8.18. The topological polar surface area (TPSA) is 74.9 Å². The molecular weight excluding hydrogens is 406 g/mol. The molecule has 1 aliphatic heterocycles. The van der Waals surface area contributed by atoms with Gasteiger partial charge in [0.25, 0.3) is 5.89 Å². The van der Waals surface area contributed by atoms with E-state index < -0.39 is 5.60 Å². The van der Waals surface area contributed by atoms with E-state index in [4.69, 9.17) is 9.26 Å². The van der Waals surface area contributed by atoms with Crippen LogP contribution in [0.15, 0.2) is 28.8 Å². The Bertz CT molecular complexity index is 847. The average molecular weight is 444 g/mol. The van der Waals surface area contributed by atoms with Crippen LogP contribution in [0.3, 0.4) is 0 Å². The quantitative estimate of drug-likeness (QED) is 0.609. The summed E-state index contributed by atoms with van der Waals surface area (Å²) in [5.74, 6) is 1.32. The highest BCUT2D eigenvalue weighted by Crippen LogP contribution is 2.23. The molecule has 0 aliphatic carbocycles. The Labute approximate surface area is 191 Å². The Balaban J connectivity index is 1.51. The molecule has 1 aliphatic rings. The normalized spacial score (nSPS) is 14.8. The lowest BCUT2D eigenvalue weighted by Crippen LogP contribution is -2.50. The highest BCUT2D eigenvalue weighted by atomic mass is 16.6. The largest absolute Gasteiger partial charge is 0.444 e. The number of anilines is 1. The molecule has 0 bridgehead atoms. The summed E-state index contributed by atoms with van der Waals surface area (Å²) in [4.78, 5) is 23.3. The fourth-order valence-corrected chi connectivity index (χ4v) is 3.76. The molecule has 0 radical (unpaired) electrons. The molecule has 8 heteroatoms. The number of piperazine rings is 1. The molecule has 0 unspecified atom stereocenters. The van der Waals surface area contributed by atoms with Crippen LogP contribution in [0.1, 0.15) is 46.9 Å². The lowest BCUT2D eigenvalue weighted by atomic mass is 10.1. The Morgan fingerprint density at radius 1 is 1.09 bits per heavy atom. The van der Waals surface area contributed by atoms with Gasteiger partial charge in [-0.3, -0.25) is 0 Å². The molecule has 0 spiro atoms. The average Bonchev–Trinajstić information content (AvgIpc) is 3.25. The van der Waals surface area contributed by atoms with Crippen LogP contribution in [0.2, 0.25) is 0 Å². The Hall–Kier alpha value is -2.61. The molecule has 0 atom stereocenters. The first-order valence-corrected chi connectivity index (χ1v) is 11.7. The number of aryl methyl sites for hydroxylation is 1. The number of amides is 1. The van der Waals surface area contributed by atoms with Gasteiger partial charge >= 0.3 is 6.09 Å². The second-order valence-corrected chi connectivity index (χ2v) is 9.15. The standard InChI is InChI=1S/C24H37N5O3/c1-6-27(7-2)14-8-9-21-25-22(32-26-21)19-10-12-20(13-11-19)28-15-17-29(18-16-28)23(30)31-24(3,4)5/h10-13H,6-9,14-18H2,1-5H3. The van der Waals surface area contributed by atoms with Crippen LogP contribution in [-0.2, 0) is 11.2 Å². The molecule has 0 saturated carbocycles. The Morgan fingerprint density at radius 3 is 2.34 bits per heavy atom. The fraction of sp³-hybridized carbons (Fsp3) is 0.625. The van der Waals surface area contributed by atoms with Crippen molar-refractivity contribution in [2.75, 3.05) is 50.7 Å². The summed E-state index contributed by atoms with van der Waals surface area (Å²) in [5.41, 5.74) is 1.57. The number of hydrogen-bond acceptors (Lipinski definition) is 7. The highest BCUT2D eigenvalue weighted by molar-refractivity contribution is 5.69. The third-order valence-corrected chi connectivity index (χ3v) is 5.65. The van der Waals surface area contributed by atoms with Gasteiger partial charge in [0.15, 0.2) is 5.82 Å². The van der Waals surface area contributed by atoms with E-state index >= 15 is 0 Å². The molecule has 1 aromatic carbocycles. The van der Waals surface area contributed by atoms with Gasteiger partial charge in [-0.15, -0.1) is 0 Å². The molecule has 8 nitrogen and oxygen atoms in total. The van der Waals surface area contributed by atoms with Crippen LogP contribution in [0.5, 0.6) is 0 Å². The number of ether oxygens (including phenoxy) is 1. The van der Waals surface area contributed by atoms with Crippen LogP contribution < -0.4 is 4.90 Å². The summed E-state index contributed by atoms with van der Waals surface area (Å²) in [5, 5.41) is 4.14. The van der Waals surface area contributed by atoms with Crippen LogP contribution >= 0.6 is 0 Å². The number of nitrogens with zero attached hydrogens (tertiary/aromatic N) is 5. The SMILES string of the molecule is CCN(CC)CCCc1noc(-c2ccc(N3CCN(C(=O)OC(C)(C)C)CC3)cc2)n1. The van der Waals surface area contributed by atoms with Crippen LogP contribution in [0, 0.1) is 0 Å². The van der Waals surface area contributed by atoms with E-state index in [9.17, 15) is 4.79 Å². The zero-order valence-corrected chi connectivity index (χ0v) is 20.1. The van der Waals surface area contributed by atoms with Crippen molar-refractivity contribution in [2.24, 2.45) is 0 Å². The number of carbonyl (C=O) groups excluding carboxylic acids is 1. The second-order valence-electron chi connectivity index (χ2n) is 9.15. The van der Waals surface area contributed by atoms with Crippen LogP contribution in [0.25, 0.3) is 11.5 Å². The van der Waals surface area contributed by atoms with E-state index in [0.29, 0.717) is 19.0 Å². The van der Waals surface area contributed by atoms with E-state index in [1.807, 2.05) is 32.9 Å². The summed E-state index contributed by atoms with van der Waals surface area (Å²) >= 11 is 0. The summed E-state index contributed by atoms with van der Waals surface area (Å²) in [6.45, 7) is 16.1. The minimum Gasteiger partial charge on any atom is -0.444 e. The van der Waals surface area contributed by atoms with Gasteiger partial charge in [-0.25, -0.2) is 4.79 Å². The van der Waals surface area contributed by atoms with Crippen molar-refractivity contribution in [2.45, 2.75) is 53.1 Å².